The summed E-state index contributed by atoms with van der Waals surface area (Å²) in [5.41, 5.74) is 4.31. The van der Waals surface area contributed by atoms with Gasteiger partial charge in [0.2, 0.25) is 0 Å². The van der Waals surface area contributed by atoms with Gasteiger partial charge >= 0.3 is 0 Å². The summed E-state index contributed by atoms with van der Waals surface area (Å²) in [6.45, 7) is 11.1. The summed E-state index contributed by atoms with van der Waals surface area (Å²) in [6.07, 6.45) is 5.78. The third-order valence-electron chi connectivity index (χ3n) is 3.37. The molecule has 0 fully saturated rings. The van der Waals surface area contributed by atoms with Gasteiger partial charge in [0, 0.05) is 0 Å². The topological polar surface area (TPSA) is 12.0 Å². The van der Waals surface area contributed by atoms with Crippen molar-refractivity contribution in [2.75, 3.05) is 13.1 Å². The van der Waals surface area contributed by atoms with Crippen LogP contribution in [0.1, 0.15) is 57.6 Å². The quantitative estimate of drug-likeness (QED) is 0.527. The van der Waals surface area contributed by atoms with Crippen molar-refractivity contribution in [1.82, 2.24) is 5.32 Å². The Morgan fingerprint density at radius 2 is 1.84 bits per heavy atom. The van der Waals surface area contributed by atoms with Crippen molar-refractivity contribution in [3.63, 3.8) is 0 Å². The molecule has 1 aromatic rings. The average Bonchev–Trinajstić information content (AvgIpc) is 2.39. The molecule has 1 nitrogen and oxygen atoms in total. The molecular weight excluding hydrogens is 230 g/mol. The number of allylic oxidation sites excluding steroid dienone is 1. The van der Waals surface area contributed by atoms with E-state index in [0.717, 1.165) is 25.9 Å². The van der Waals surface area contributed by atoms with E-state index < -0.39 is 0 Å². The van der Waals surface area contributed by atoms with Gasteiger partial charge in [0.15, 0.2) is 0 Å². The van der Waals surface area contributed by atoms with Gasteiger partial charge in [0.25, 0.3) is 0 Å². The third-order valence-corrected chi connectivity index (χ3v) is 3.37. The standard InChI is InChI=1S/C18H29N/c1-5-12-19-13-6-7-16(4)14-17-8-10-18(11-9-17)15(2)3/h7-11,15,19H,5-6,12-14H2,1-4H3. The molecule has 106 valence electrons. The molecule has 0 saturated carbocycles. The Morgan fingerprint density at radius 1 is 1.16 bits per heavy atom. The van der Waals surface area contributed by atoms with Crippen LogP contribution in [-0.4, -0.2) is 13.1 Å². The Kier molecular flexibility index (Phi) is 7.50. The number of benzene rings is 1. The van der Waals surface area contributed by atoms with Crippen molar-refractivity contribution in [3.8, 4) is 0 Å². The second-order valence-electron chi connectivity index (χ2n) is 5.66. The Morgan fingerprint density at radius 3 is 2.42 bits per heavy atom. The van der Waals surface area contributed by atoms with E-state index in [2.05, 4.69) is 63.4 Å². The predicted molar refractivity (Wildman–Crippen MR) is 85.8 cm³/mol. The van der Waals surface area contributed by atoms with Gasteiger partial charge in [-0.2, -0.15) is 0 Å². The van der Waals surface area contributed by atoms with Crippen LogP contribution in [0.3, 0.4) is 0 Å². The number of hydrogen-bond acceptors (Lipinski definition) is 1. The first-order valence-corrected chi connectivity index (χ1v) is 7.58. The van der Waals surface area contributed by atoms with Gasteiger partial charge < -0.3 is 5.32 Å². The normalized spacial score (nSPS) is 12.2. The predicted octanol–water partition coefficient (Wildman–Crippen LogP) is 4.69. The molecule has 1 aromatic carbocycles. The van der Waals surface area contributed by atoms with Crippen molar-refractivity contribution in [3.05, 3.63) is 47.0 Å². The second kappa shape index (κ2) is 8.92. The molecule has 0 radical (unpaired) electrons. The molecule has 1 rings (SSSR count). The molecule has 19 heavy (non-hydrogen) atoms. The van der Waals surface area contributed by atoms with E-state index in [0.29, 0.717) is 5.92 Å². The van der Waals surface area contributed by atoms with Crippen LogP contribution < -0.4 is 5.32 Å². The Bertz CT molecular complexity index is 373. The Balaban J connectivity index is 2.38. The summed E-state index contributed by atoms with van der Waals surface area (Å²) in [5, 5.41) is 3.43. The second-order valence-corrected chi connectivity index (χ2v) is 5.66. The molecular formula is C18H29N. The van der Waals surface area contributed by atoms with Crippen molar-refractivity contribution in [2.45, 2.75) is 52.9 Å². The van der Waals surface area contributed by atoms with Gasteiger partial charge in [-0.3, -0.25) is 0 Å². The first kappa shape index (κ1) is 16.0. The van der Waals surface area contributed by atoms with Crippen LogP contribution in [0, 0.1) is 0 Å². The molecule has 0 aliphatic heterocycles. The maximum absolute atomic E-state index is 3.43. The van der Waals surface area contributed by atoms with Crippen molar-refractivity contribution >= 4 is 0 Å². The van der Waals surface area contributed by atoms with E-state index >= 15 is 0 Å². The van der Waals surface area contributed by atoms with Crippen LogP contribution in [0.2, 0.25) is 0 Å². The molecule has 0 saturated heterocycles. The maximum Gasteiger partial charge on any atom is -0.00142 e. The molecule has 0 heterocycles. The van der Waals surface area contributed by atoms with Crippen LogP contribution in [0.5, 0.6) is 0 Å². The first-order valence-electron chi connectivity index (χ1n) is 7.58. The zero-order chi connectivity index (χ0) is 14.1. The molecule has 0 amide bonds. The summed E-state index contributed by atoms with van der Waals surface area (Å²) in [6, 6.07) is 9.05. The summed E-state index contributed by atoms with van der Waals surface area (Å²) in [4.78, 5) is 0. The smallest absolute Gasteiger partial charge is 0.00142 e. The summed E-state index contributed by atoms with van der Waals surface area (Å²) >= 11 is 0. The summed E-state index contributed by atoms with van der Waals surface area (Å²) in [7, 11) is 0. The summed E-state index contributed by atoms with van der Waals surface area (Å²) in [5.74, 6) is 0.621. The van der Waals surface area contributed by atoms with E-state index in [-0.39, 0.29) is 0 Å². The van der Waals surface area contributed by atoms with E-state index in [4.69, 9.17) is 0 Å². The molecule has 0 atom stereocenters. The molecule has 1 N–H and O–H groups in total. The van der Waals surface area contributed by atoms with Crippen LogP contribution in [0.25, 0.3) is 0 Å². The highest BCUT2D eigenvalue weighted by Gasteiger charge is 1.99. The monoisotopic (exact) mass is 259 g/mol. The number of rotatable bonds is 8. The molecule has 0 aliphatic rings. The minimum absolute atomic E-state index is 0.621. The summed E-state index contributed by atoms with van der Waals surface area (Å²) < 4.78 is 0. The highest BCUT2D eigenvalue weighted by molar-refractivity contribution is 5.27. The molecule has 0 bridgehead atoms. The van der Waals surface area contributed by atoms with E-state index in [1.807, 2.05) is 0 Å². The van der Waals surface area contributed by atoms with Gasteiger partial charge in [-0.1, -0.05) is 56.7 Å². The zero-order valence-electron chi connectivity index (χ0n) is 13.0. The Labute approximate surface area is 119 Å². The van der Waals surface area contributed by atoms with E-state index in [1.165, 1.54) is 23.1 Å². The first-order chi connectivity index (χ1) is 9.13. The highest BCUT2D eigenvalue weighted by atomic mass is 14.8. The van der Waals surface area contributed by atoms with Gasteiger partial charge in [-0.25, -0.2) is 0 Å². The molecule has 0 aliphatic carbocycles. The fourth-order valence-corrected chi connectivity index (χ4v) is 2.14. The van der Waals surface area contributed by atoms with Crippen molar-refractivity contribution < 1.29 is 0 Å². The fraction of sp³-hybridized carbons (Fsp3) is 0.556. The van der Waals surface area contributed by atoms with Gasteiger partial charge in [0.05, 0.1) is 0 Å². The Hall–Kier alpha value is -1.08. The van der Waals surface area contributed by atoms with Crippen molar-refractivity contribution in [2.24, 2.45) is 0 Å². The van der Waals surface area contributed by atoms with Crippen LogP contribution in [0.4, 0.5) is 0 Å². The fourth-order valence-electron chi connectivity index (χ4n) is 2.14. The lowest BCUT2D eigenvalue weighted by Gasteiger charge is -2.07. The molecule has 1 heteroatoms. The lowest BCUT2D eigenvalue weighted by Crippen LogP contribution is -2.15. The number of nitrogens with one attached hydrogen (secondary N) is 1. The minimum Gasteiger partial charge on any atom is -0.316 e. The van der Waals surface area contributed by atoms with Gasteiger partial charge in [-0.15, -0.1) is 0 Å². The lowest BCUT2D eigenvalue weighted by atomic mass is 9.99. The molecule has 0 aromatic heterocycles. The molecule has 0 spiro atoms. The van der Waals surface area contributed by atoms with E-state index in [9.17, 15) is 0 Å². The SMILES string of the molecule is CCCNCCC=C(C)Cc1ccc(C(C)C)cc1. The van der Waals surface area contributed by atoms with E-state index in [1.54, 1.807) is 0 Å². The molecule has 0 unspecified atom stereocenters. The largest absolute Gasteiger partial charge is 0.316 e. The average molecular weight is 259 g/mol. The highest BCUT2D eigenvalue weighted by Crippen LogP contribution is 2.16. The van der Waals surface area contributed by atoms with Crippen LogP contribution >= 0.6 is 0 Å². The van der Waals surface area contributed by atoms with Crippen LogP contribution in [0.15, 0.2) is 35.9 Å². The minimum atomic E-state index is 0.621. The lowest BCUT2D eigenvalue weighted by molar-refractivity contribution is 0.677. The number of hydrogen-bond donors (Lipinski definition) is 1. The van der Waals surface area contributed by atoms with Gasteiger partial charge in [0.1, 0.15) is 0 Å². The third kappa shape index (κ3) is 6.58. The van der Waals surface area contributed by atoms with Crippen LogP contribution in [-0.2, 0) is 6.42 Å². The van der Waals surface area contributed by atoms with Gasteiger partial charge in [-0.05, 0) is 56.3 Å². The maximum atomic E-state index is 3.43. The zero-order valence-corrected chi connectivity index (χ0v) is 13.0. The van der Waals surface area contributed by atoms with Crippen molar-refractivity contribution in [1.29, 1.82) is 0 Å².